The van der Waals surface area contributed by atoms with Crippen molar-refractivity contribution in [3.8, 4) is 0 Å². The molecule has 5 atom stereocenters. The molecule has 0 aromatic heterocycles. The molecule has 342 valence electrons. The summed E-state index contributed by atoms with van der Waals surface area (Å²) in [5.74, 6) is 3.58. The van der Waals surface area contributed by atoms with E-state index in [1.807, 2.05) is 0 Å². The molecule has 1 nitrogen and oxygen atoms in total. The molecule has 0 amide bonds. The molecule has 6 aromatic carbocycles. The highest BCUT2D eigenvalue weighted by Gasteiger charge is 2.39. The lowest BCUT2D eigenvalue weighted by atomic mass is 9.63. The van der Waals surface area contributed by atoms with Crippen LogP contribution in [-0.4, -0.2) is 6.04 Å². The van der Waals surface area contributed by atoms with Crippen molar-refractivity contribution in [2.75, 3.05) is 4.90 Å². The smallest absolute Gasteiger partial charge is 0.0525 e. The summed E-state index contributed by atoms with van der Waals surface area (Å²) in [6.45, 7) is 9.76. The van der Waals surface area contributed by atoms with Crippen molar-refractivity contribution in [3.63, 3.8) is 0 Å². The highest BCUT2D eigenvalue weighted by atomic mass is 15.2. The predicted molar refractivity (Wildman–Crippen MR) is 287 cm³/mol. The summed E-state index contributed by atoms with van der Waals surface area (Å²) in [4.78, 5) is 2.84. The minimum Gasteiger partial charge on any atom is -0.334 e. The van der Waals surface area contributed by atoms with Crippen LogP contribution in [0.3, 0.4) is 0 Å². The molecular formula is C66H73N. The second-order valence-electron chi connectivity index (χ2n) is 23.3. The van der Waals surface area contributed by atoms with Gasteiger partial charge < -0.3 is 4.90 Å². The number of benzene rings is 6. The molecule has 0 spiro atoms. The standard InChI is InChI=1S/C66H73N/c1-40(2)58-37-61(62-38-60(50-23-21-42-13-5-9-17-46(42)33-50)64(62)51-24-22-43-14-6-10-18-47(43)34-51)56-30-29-55-59(41(3)4)39-63(57-32-31-54(58)65(56)66(55)57)67(52-27-25-44-15-7-11-19-48(44)35-52)53-28-26-45-16-8-12-20-49(45)36-53/h21-32,34-35,37,39-41,45-46,49,53,60H,5-20,33,36,38H2,1-4H3. The van der Waals surface area contributed by atoms with E-state index in [9.17, 15) is 0 Å². The Hall–Kier alpha value is -4.88. The summed E-state index contributed by atoms with van der Waals surface area (Å²) in [5, 5.41) is 8.80. The number of rotatable bonds is 8. The van der Waals surface area contributed by atoms with Gasteiger partial charge in [0.05, 0.1) is 6.04 Å². The molecule has 0 bridgehead atoms. The van der Waals surface area contributed by atoms with Crippen molar-refractivity contribution in [1.82, 2.24) is 0 Å². The molecule has 13 rings (SSSR count). The van der Waals surface area contributed by atoms with Crippen LogP contribution in [0.25, 0.3) is 43.5 Å². The Morgan fingerprint density at radius 3 is 1.96 bits per heavy atom. The van der Waals surface area contributed by atoms with Gasteiger partial charge in [-0.15, -0.1) is 0 Å². The van der Waals surface area contributed by atoms with Crippen LogP contribution in [0.1, 0.15) is 180 Å². The summed E-state index contributed by atoms with van der Waals surface area (Å²) in [6.07, 6.45) is 35.2. The van der Waals surface area contributed by atoms with Gasteiger partial charge >= 0.3 is 0 Å². The second-order valence-corrected chi connectivity index (χ2v) is 23.3. The molecule has 0 aliphatic heterocycles. The molecule has 0 saturated heterocycles. The Labute approximate surface area is 401 Å². The molecule has 2 fully saturated rings. The topological polar surface area (TPSA) is 3.24 Å². The van der Waals surface area contributed by atoms with Crippen LogP contribution in [0, 0.1) is 23.7 Å². The maximum absolute atomic E-state index is 2.84. The molecule has 1 heteroatoms. The molecule has 67 heavy (non-hydrogen) atoms. The molecule has 7 aliphatic carbocycles. The maximum atomic E-state index is 2.84. The van der Waals surface area contributed by atoms with Crippen LogP contribution in [0.15, 0.2) is 108 Å². The van der Waals surface area contributed by atoms with Crippen molar-refractivity contribution in [2.24, 2.45) is 23.7 Å². The van der Waals surface area contributed by atoms with Crippen LogP contribution >= 0.6 is 0 Å². The first-order valence-corrected chi connectivity index (χ1v) is 27.5. The Balaban J connectivity index is 1.05. The van der Waals surface area contributed by atoms with E-state index in [0.717, 1.165) is 24.2 Å². The zero-order valence-electron chi connectivity index (χ0n) is 41.2. The molecule has 5 unspecified atom stereocenters. The number of fused-ring (bicyclic) bond motifs is 4. The van der Waals surface area contributed by atoms with E-state index in [0.29, 0.717) is 23.8 Å². The lowest BCUT2D eigenvalue weighted by Gasteiger charge is -2.42. The summed E-state index contributed by atoms with van der Waals surface area (Å²) in [5.41, 5.74) is 21.8. The minimum atomic E-state index is 0.339. The van der Waals surface area contributed by atoms with Crippen molar-refractivity contribution in [1.29, 1.82) is 0 Å². The van der Waals surface area contributed by atoms with Crippen LogP contribution in [0.4, 0.5) is 11.4 Å². The molecule has 0 N–H and O–H groups in total. The second kappa shape index (κ2) is 17.0. The van der Waals surface area contributed by atoms with Crippen LogP contribution in [0.5, 0.6) is 0 Å². The summed E-state index contributed by atoms with van der Waals surface area (Å²) >= 11 is 0. The number of anilines is 2. The SMILES string of the molecule is CC(C)c1cc(C2=C(c3ccc4c(c3)CCCC4)C(C3=CC=C4CCCCC4C3)C2)c2ccc3c(C(C)C)cc(N(c4ccc5c(c4)CCCC5)C4C=CC5CCCCC5C4)c4ccc1c2c34. The molecular weight excluding hydrogens is 807 g/mol. The van der Waals surface area contributed by atoms with Crippen LogP contribution in [-0.2, 0) is 25.7 Å². The highest BCUT2D eigenvalue weighted by Crippen LogP contribution is 2.57. The van der Waals surface area contributed by atoms with Gasteiger partial charge in [-0.25, -0.2) is 0 Å². The van der Waals surface area contributed by atoms with Crippen molar-refractivity contribution < 1.29 is 0 Å². The first-order valence-electron chi connectivity index (χ1n) is 27.5. The molecule has 7 aliphatic rings. The summed E-state index contributed by atoms with van der Waals surface area (Å²) < 4.78 is 0. The van der Waals surface area contributed by atoms with E-state index in [2.05, 4.69) is 130 Å². The van der Waals surface area contributed by atoms with Gasteiger partial charge in [0.25, 0.3) is 0 Å². The van der Waals surface area contributed by atoms with Crippen molar-refractivity contribution in [3.05, 3.63) is 153 Å². The molecule has 2 saturated carbocycles. The van der Waals surface area contributed by atoms with Gasteiger partial charge in [-0.2, -0.15) is 0 Å². The summed E-state index contributed by atoms with van der Waals surface area (Å²) in [6, 6.07) is 31.2. The van der Waals surface area contributed by atoms with Gasteiger partial charge in [-0.05, 0) is 239 Å². The molecule has 6 aromatic rings. The zero-order chi connectivity index (χ0) is 44.9. The Kier molecular flexibility index (Phi) is 10.7. The fourth-order valence-electron chi connectivity index (χ4n) is 15.2. The highest BCUT2D eigenvalue weighted by molar-refractivity contribution is 6.29. The van der Waals surface area contributed by atoms with Gasteiger partial charge in [0.15, 0.2) is 0 Å². The number of nitrogens with zero attached hydrogens (tertiary/aromatic N) is 1. The van der Waals surface area contributed by atoms with Crippen molar-refractivity contribution in [2.45, 2.75) is 168 Å². The monoisotopic (exact) mass is 880 g/mol. The van der Waals surface area contributed by atoms with E-state index >= 15 is 0 Å². The van der Waals surface area contributed by atoms with E-state index < -0.39 is 0 Å². The fraction of sp³-hybridized carbons (Fsp3) is 0.455. The first kappa shape index (κ1) is 42.2. The zero-order valence-corrected chi connectivity index (χ0v) is 41.2. The van der Waals surface area contributed by atoms with E-state index in [1.165, 1.54) is 182 Å². The number of aryl methyl sites for hydroxylation is 4. The summed E-state index contributed by atoms with van der Waals surface area (Å²) in [7, 11) is 0. The fourth-order valence-corrected chi connectivity index (χ4v) is 15.2. The van der Waals surface area contributed by atoms with Crippen molar-refractivity contribution >= 4 is 54.8 Å². The maximum Gasteiger partial charge on any atom is 0.0525 e. The third kappa shape index (κ3) is 7.13. The predicted octanol–water partition coefficient (Wildman–Crippen LogP) is 18.2. The average Bonchev–Trinajstić information content (AvgIpc) is 3.35. The van der Waals surface area contributed by atoms with Gasteiger partial charge in [0.1, 0.15) is 0 Å². The molecule has 0 heterocycles. The first-order chi connectivity index (χ1) is 32.9. The van der Waals surface area contributed by atoms with E-state index in [1.54, 1.807) is 44.5 Å². The van der Waals surface area contributed by atoms with Gasteiger partial charge in [-0.1, -0.05) is 131 Å². The number of hydrogen-bond donors (Lipinski definition) is 0. The van der Waals surface area contributed by atoms with Gasteiger partial charge in [0, 0.05) is 22.7 Å². The quantitative estimate of drug-likeness (QED) is 0.109. The van der Waals surface area contributed by atoms with Crippen LogP contribution < -0.4 is 4.90 Å². The minimum absolute atomic E-state index is 0.339. The Morgan fingerprint density at radius 1 is 0.522 bits per heavy atom. The van der Waals surface area contributed by atoms with Gasteiger partial charge in [-0.3, -0.25) is 0 Å². The largest absolute Gasteiger partial charge is 0.334 e. The molecule has 0 radical (unpaired) electrons. The van der Waals surface area contributed by atoms with E-state index in [4.69, 9.17) is 0 Å². The number of hydrogen-bond acceptors (Lipinski definition) is 1. The Morgan fingerprint density at radius 2 is 1.16 bits per heavy atom. The van der Waals surface area contributed by atoms with Gasteiger partial charge in [0.2, 0.25) is 0 Å². The van der Waals surface area contributed by atoms with Crippen LogP contribution in [0.2, 0.25) is 0 Å². The lowest BCUT2D eigenvalue weighted by Crippen LogP contribution is -2.37. The lowest BCUT2D eigenvalue weighted by molar-refractivity contribution is 0.249. The number of allylic oxidation sites excluding steroid dienone is 7. The van der Waals surface area contributed by atoms with E-state index in [-0.39, 0.29) is 0 Å². The third-order valence-electron chi connectivity index (χ3n) is 18.8. The average molecular weight is 880 g/mol. The normalized spacial score (nSPS) is 25.0. The Bertz CT molecular complexity index is 3050. The third-order valence-corrected chi connectivity index (χ3v) is 18.8.